The number of piperazine rings is 1. The van der Waals surface area contributed by atoms with E-state index in [1.54, 1.807) is 7.11 Å². The predicted molar refractivity (Wildman–Crippen MR) is 81.3 cm³/mol. The van der Waals surface area contributed by atoms with Gasteiger partial charge >= 0.3 is 0 Å². The molecule has 1 atom stereocenters. The first-order valence-corrected chi connectivity index (χ1v) is 7.25. The number of aryl methyl sites for hydroxylation is 2. The quantitative estimate of drug-likeness (QED) is 0.874. The number of ether oxygens (including phenoxy) is 1. The Morgan fingerprint density at radius 2 is 1.90 bits per heavy atom. The molecule has 0 aliphatic carbocycles. The summed E-state index contributed by atoms with van der Waals surface area (Å²) in [5.74, 6) is 0.879. The first kappa shape index (κ1) is 15.3. The zero-order chi connectivity index (χ0) is 14.8. The van der Waals surface area contributed by atoms with Crippen molar-refractivity contribution in [2.75, 3.05) is 39.8 Å². The van der Waals surface area contributed by atoms with Crippen LogP contribution in [0.25, 0.3) is 0 Å². The molecule has 1 aromatic carbocycles. The van der Waals surface area contributed by atoms with E-state index in [-0.39, 0.29) is 0 Å². The Kier molecular flexibility index (Phi) is 4.68. The smallest absolute Gasteiger partial charge is 0.122 e. The Balaban J connectivity index is 2.21. The van der Waals surface area contributed by atoms with Crippen LogP contribution in [0.2, 0.25) is 0 Å². The number of nitrogens with zero attached hydrogens (tertiary/aromatic N) is 1. The van der Waals surface area contributed by atoms with Crippen LogP contribution in [0.1, 0.15) is 23.6 Å². The van der Waals surface area contributed by atoms with Gasteiger partial charge in [0.25, 0.3) is 0 Å². The van der Waals surface area contributed by atoms with E-state index in [4.69, 9.17) is 4.74 Å². The third-order valence-electron chi connectivity index (χ3n) is 4.06. The zero-order valence-corrected chi connectivity index (χ0v) is 13.0. The summed E-state index contributed by atoms with van der Waals surface area (Å²) in [4.78, 5) is 2.31. The molecule has 0 saturated carbocycles. The van der Waals surface area contributed by atoms with E-state index in [2.05, 4.69) is 16.3 Å². The van der Waals surface area contributed by atoms with Crippen molar-refractivity contribution in [3.8, 4) is 5.75 Å². The molecule has 1 aliphatic rings. The number of aliphatic hydroxyl groups is 1. The molecule has 20 heavy (non-hydrogen) atoms. The number of hydrogen-bond donors (Lipinski definition) is 2. The molecule has 1 aliphatic heterocycles. The lowest BCUT2D eigenvalue weighted by Gasteiger charge is -2.35. The summed E-state index contributed by atoms with van der Waals surface area (Å²) in [5.41, 5.74) is 2.30. The highest BCUT2D eigenvalue weighted by molar-refractivity contribution is 5.43. The van der Waals surface area contributed by atoms with Crippen LogP contribution in [0, 0.1) is 13.8 Å². The van der Waals surface area contributed by atoms with Gasteiger partial charge in [-0.2, -0.15) is 0 Å². The van der Waals surface area contributed by atoms with E-state index in [1.807, 2.05) is 26.8 Å². The molecule has 4 heteroatoms. The molecule has 1 saturated heterocycles. The van der Waals surface area contributed by atoms with Gasteiger partial charge in [0.15, 0.2) is 0 Å². The average Bonchev–Trinajstić information content (AvgIpc) is 2.41. The van der Waals surface area contributed by atoms with Gasteiger partial charge in [0.1, 0.15) is 5.75 Å². The van der Waals surface area contributed by atoms with Crippen LogP contribution in [0.3, 0.4) is 0 Å². The van der Waals surface area contributed by atoms with Gasteiger partial charge in [-0.3, -0.25) is 4.90 Å². The third kappa shape index (κ3) is 3.32. The summed E-state index contributed by atoms with van der Waals surface area (Å²) in [6.07, 6.45) is 0. The van der Waals surface area contributed by atoms with E-state index in [0.717, 1.165) is 48.6 Å². The molecule has 112 valence electrons. The van der Waals surface area contributed by atoms with E-state index >= 15 is 0 Å². The molecule has 1 aromatic rings. The lowest BCUT2D eigenvalue weighted by atomic mass is 9.89. The van der Waals surface area contributed by atoms with Crippen molar-refractivity contribution < 1.29 is 9.84 Å². The average molecular weight is 278 g/mol. The normalized spacial score (nSPS) is 19.6. The maximum absolute atomic E-state index is 10.9. The minimum Gasteiger partial charge on any atom is -0.496 e. The SMILES string of the molecule is COc1cc(C)c(C(C)(O)CN2CCNCC2)cc1C. The lowest BCUT2D eigenvalue weighted by Crippen LogP contribution is -2.48. The molecule has 2 N–H and O–H groups in total. The largest absolute Gasteiger partial charge is 0.496 e. The highest BCUT2D eigenvalue weighted by Crippen LogP contribution is 2.30. The van der Waals surface area contributed by atoms with Gasteiger partial charge < -0.3 is 15.2 Å². The Bertz CT molecular complexity index is 466. The summed E-state index contributed by atoms with van der Waals surface area (Å²) in [7, 11) is 1.68. The number of methoxy groups -OCH3 is 1. The molecule has 0 aromatic heterocycles. The fourth-order valence-corrected chi connectivity index (χ4v) is 2.98. The molecule has 1 fully saturated rings. The van der Waals surface area contributed by atoms with Crippen molar-refractivity contribution >= 4 is 0 Å². The third-order valence-corrected chi connectivity index (χ3v) is 4.06. The van der Waals surface area contributed by atoms with E-state index in [1.165, 1.54) is 0 Å². The van der Waals surface area contributed by atoms with Gasteiger partial charge in [0.05, 0.1) is 12.7 Å². The van der Waals surface area contributed by atoms with E-state index in [0.29, 0.717) is 6.54 Å². The molecule has 0 bridgehead atoms. The molecule has 2 rings (SSSR count). The Labute approximate surface area is 121 Å². The van der Waals surface area contributed by atoms with Gasteiger partial charge in [-0.1, -0.05) is 0 Å². The predicted octanol–water partition coefficient (Wildman–Crippen LogP) is 1.42. The van der Waals surface area contributed by atoms with E-state index in [9.17, 15) is 5.11 Å². The molecule has 1 heterocycles. The molecular formula is C16H26N2O2. The monoisotopic (exact) mass is 278 g/mol. The molecule has 0 radical (unpaired) electrons. The van der Waals surface area contributed by atoms with Gasteiger partial charge in [-0.05, 0) is 49.6 Å². The van der Waals surface area contributed by atoms with Crippen LogP contribution < -0.4 is 10.1 Å². The van der Waals surface area contributed by atoms with E-state index < -0.39 is 5.60 Å². The Morgan fingerprint density at radius 3 is 2.50 bits per heavy atom. The molecule has 0 amide bonds. The summed E-state index contributed by atoms with van der Waals surface area (Å²) < 4.78 is 5.34. The summed E-state index contributed by atoms with van der Waals surface area (Å²) >= 11 is 0. The maximum atomic E-state index is 10.9. The first-order valence-electron chi connectivity index (χ1n) is 7.25. The number of β-amino-alcohol motifs (C(OH)–C–C–N with tert-alkyl or cyclic N) is 1. The highest BCUT2D eigenvalue weighted by atomic mass is 16.5. The fourth-order valence-electron chi connectivity index (χ4n) is 2.98. The van der Waals surface area contributed by atoms with Gasteiger partial charge in [0, 0.05) is 32.7 Å². The van der Waals surface area contributed by atoms with Crippen LogP contribution in [-0.2, 0) is 5.60 Å². The second-order valence-electron chi connectivity index (χ2n) is 5.94. The summed E-state index contributed by atoms with van der Waals surface area (Å²) in [6.45, 7) is 10.6. The van der Waals surface area contributed by atoms with Crippen molar-refractivity contribution in [3.05, 3.63) is 28.8 Å². The number of rotatable bonds is 4. The van der Waals surface area contributed by atoms with Gasteiger partial charge in [0.2, 0.25) is 0 Å². The number of nitrogens with one attached hydrogen (secondary N) is 1. The number of benzene rings is 1. The highest BCUT2D eigenvalue weighted by Gasteiger charge is 2.29. The van der Waals surface area contributed by atoms with Crippen molar-refractivity contribution in [2.45, 2.75) is 26.4 Å². The molecular weight excluding hydrogens is 252 g/mol. The topological polar surface area (TPSA) is 44.7 Å². The minimum absolute atomic E-state index is 0.668. The fraction of sp³-hybridized carbons (Fsp3) is 0.625. The van der Waals surface area contributed by atoms with Crippen molar-refractivity contribution in [1.82, 2.24) is 10.2 Å². The van der Waals surface area contributed by atoms with Gasteiger partial charge in [-0.25, -0.2) is 0 Å². The summed E-state index contributed by atoms with van der Waals surface area (Å²) in [6, 6.07) is 4.06. The van der Waals surface area contributed by atoms with Gasteiger partial charge in [-0.15, -0.1) is 0 Å². The maximum Gasteiger partial charge on any atom is 0.122 e. The zero-order valence-electron chi connectivity index (χ0n) is 13.0. The van der Waals surface area contributed by atoms with Crippen LogP contribution in [0.15, 0.2) is 12.1 Å². The summed E-state index contributed by atoms with van der Waals surface area (Å²) in [5, 5.41) is 14.2. The Hall–Kier alpha value is -1.10. The number of hydrogen-bond acceptors (Lipinski definition) is 4. The molecule has 1 unspecified atom stereocenters. The van der Waals surface area contributed by atoms with Crippen LogP contribution in [0.5, 0.6) is 5.75 Å². The van der Waals surface area contributed by atoms with Crippen molar-refractivity contribution in [2.24, 2.45) is 0 Å². The standard InChI is InChI=1S/C16H26N2O2/c1-12-10-15(20-4)13(2)9-14(12)16(3,19)11-18-7-5-17-6-8-18/h9-10,17,19H,5-8,11H2,1-4H3. The molecule has 0 spiro atoms. The van der Waals surface area contributed by atoms with Crippen LogP contribution >= 0.6 is 0 Å². The Morgan fingerprint density at radius 1 is 1.25 bits per heavy atom. The van der Waals surface area contributed by atoms with Crippen molar-refractivity contribution in [1.29, 1.82) is 0 Å². The lowest BCUT2D eigenvalue weighted by molar-refractivity contribution is 0.0120. The second kappa shape index (κ2) is 6.12. The second-order valence-corrected chi connectivity index (χ2v) is 5.94. The molecule has 4 nitrogen and oxygen atoms in total. The first-order chi connectivity index (χ1) is 9.44. The van der Waals surface area contributed by atoms with Crippen LogP contribution in [0.4, 0.5) is 0 Å². The van der Waals surface area contributed by atoms with Crippen molar-refractivity contribution in [3.63, 3.8) is 0 Å². The minimum atomic E-state index is -0.835. The van der Waals surface area contributed by atoms with Crippen LogP contribution in [-0.4, -0.2) is 49.8 Å².